The number of hydrazone groups is 1. The van der Waals surface area contributed by atoms with Gasteiger partial charge in [0, 0.05) is 23.0 Å². The van der Waals surface area contributed by atoms with Crippen LogP contribution in [0.4, 0.5) is 11.4 Å². The number of benzene rings is 3. The normalized spacial score (nSPS) is 11.2. The Kier molecular flexibility index (Phi) is 6.38. The van der Waals surface area contributed by atoms with Crippen LogP contribution in [-0.4, -0.2) is 22.4 Å². The maximum atomic E-state index is 12.2. The molecule has 152 valence electrons. The van der Waals surface area contributed by atoms with Gasteiger partial charge in [0.05, 0.1) is 11.3 Å². The number of anilines is 1. The first kappa shape index (κ1) is 20.9. The second-order valence-electron chi connectivity index (χ2n) is 6.50. The number of hydrogen-bond donors (Lipinski definition) is 2. The number of amides is 2. The summed E-state index contributed by atoms with van der Waals surface area (Å²) in [5.74, 6) is -0.875. The summed E-state index contributed by atoms with van der Waals surface area (Å²) in [4.78, 5) is 34.5. The number of nitro benzene ring substituents is 1. The average molecular weight is 425 g/mol. The number of rotatable bonds is 6. The molecule has 0 radical (unpaired) electrons. The van der Waals surface area contributed by atoms with E-state index < -0.39 is 10.8 Å². The van der Waals surface area contributed by atoms with Crippen molar-refractivity contribution in [2.45, 2.75) is 13.3 Å². The van der Waals surface area contributed by atoms with Crippen molar-refractivity contribution in [3.63, 3.8) is 0 Å². The molecule has 0 saturated carbocycles. The topological polar surface area (TPSA) is 114 Å². The number of nitro groups is 1. The lowest BCUT2D eigenvalue weighted by Crippen LogP contribution is -2.21. The second kappa shape index (κ2) is 9.15. The van der Waals surface area contributed by atoms with Gasteiger partial charge >= 0.3 is 0 Å². The molecule has 0 spiro atoms. The minimum Gasteiger partial charge on any atom is -0.326 e. The Morgan fingerprint density at radius 1 is 1.07 bits per heavy atom. The van der Waals surface area contributed by atoms with Crippen molar-refractivity contribution in [2.75, 3.05) is 5.32 Å². The van der Waals surface area contributed by atoms with E-state index in [-0.39, 0.29) is 28.6 Å². The number of fused-ring (bicyclic) bond motifs is 1. The van der Waals surface area contributed by atoms with Gasteiger partial charge < -0.3 is 5.32 Å². The lowest BCUT2D eigenvalue weighted by molar-refractivity contribution is -0.384. The number of hydrogen-bond acceptors (Lipinski definition) is 5. The number of nitrogens with one attached hydrogen (secondary N) is 2. The minimum absolute atomic E-state index is 0.0197. The Bertz CT molecular complexity index is 1180. The van der Waals surface area contributed by atoms with Crippen molar-refractivity contribution in [2.24, 2.45) is 5.10 Å². The highest BCUT2D eigenvalue weighted by Crippen LogP contribution is 2.25. The van der Waals surface area contributed by atoms with E-state index in [1.807, 2.05) is 42.5 Å². The fraction of sp³-hybridized carbons (Fsp3) is 0.0952. The first-order valence-electron chi connectivity index (χ1n) is 8.89. The maximum absolute atomic E-state index is 12.2. The summed E-state index contributed by atoms with van der Waals surface area (Å²) in [5.41, 5.74) is 3.18. The van der Waals surface area contributed by atoms with E-state index in [0.717, 1.165) is 16.8 Å². The largest absolute Gasteiger partial charge is 0.326 e. The molecule has 0 aliphatic rings. The standard InChI is InChI=1S/C21H17ClN4O4/c1-13(24-25-21(28)16-7-9-19(26(29)30)18(22)12-16)10-20(27)23-17-8-6-14-4-2-3-5-15(14)11-17/h2-9,11-12H,10H2,1H3,(H,23,27)(H,25,28)/b24-13+. The zero-order chi connectivity index (χ0) is 21.7. The minimum atomic E-state index is -0.638. The molecule has 0 heterocycles. The van der Waals surface area contributed by atoms with Gasteiger partial charge in [-0.25, -0.2) is 5.43 Å². The van der Waals surface area contributed by atoms with Crippen molar-refractivity contribution in [1.29, 1.82) is 0 Å². The Morgan fingerprint density at radius 2 is 1.80 bits per heavy atom. The van der Waals surface area contributed by atoms with Gasteiger partial charge in [0.25, 0.3) is 11.6 Å². The van der Waals surface area contributed by atoms with Gasteiger partial charge in [0.15, 0.2) is 0 Å². The molecule has 2 amide bonds. The summed E-state index contributed by atoms with van der Waals surface area (Å²) in [6.07, 6.45) is -0.0197. The van der Waals surface area contributed by atoms with Crippen LogP contribution in [0.3, 0.4) is 0 Å². The molecule has 30 heavy (non-hydrogen) atoms. The summed E-state index contributed by atoms with van der Waals surface area (Å²) in [5, 5.41) is 19.4. The summed E-state index contributed by atoms with van der Waals surface area (Å²) in [6.45, 7) is 1.60. The molecule has 3 rings (SSSR count). The highest BCUT2D eigenvalue weighted by atomic mass is 35.5. The van der Waals surface area contributed by atoms with Crippen LogP contribution in [-0.2, 0) is 4.79 Å². The highest BCUT2D eigenvalue weighted by Gasteiger charge is 2.15. The van der Waals surface area contributed by atoms with Crippen LogP contribution in [0, 0.1) is 10.1 Å². The molecule has 2 N–H and O–H groups in total. The van der Waals surface area contributed by atoms with E-state index in [9.17, 15) is 19.7 Å². The number of halogens is 1. The average Bonchev–Trinajstić information content (AvgIpc) is 2.71. The first-order valence-corrected chi connectivity index (χ1v) is 9.27. The fourth-order valence-electron chi connectivity index (χ4n) is 2.75. The van der Waals surface area contributed by atoms with Crippen LogP contribution in [0.15, 0.2) is 65.8 Å². The van der Waals surface area contributed by atoms with Crippen molar-refractivity contribution >= 4 is 51.3 Å². The molecule has 0 aromatic heterocycles. The van der Waals surface area contributed by atoms with Crippen molar-refractivity contribution < 1.29 is 14.5 Å². The number of nitrogens with zero attached hydrogens (tertiary/aromatic N) is 2. The molecule has 0 saturated heterocycles. The molecule has 3 aromatic carbocycles. The van der Waals surface area contributed by atoms with E-state index in [4.69, 9.17) is 11.6 Å². The van der Waals surface area contributed by atoms with Gasteiger partial charge in [-0.2, -0.15) is 5.10 Å². The zero-order valence-electron chi connectivity index (χ0n) is 15.9. The zero-order valence-corrected chi connectivity index (χ0v) is 16.6. The second-order valence-corrected chi connectivity index (χ2v) is 6.91. The summed E-state index contributed by atoms with van der Waals surface area (Å²) >= 11 is 5.80. The van der Waals surface area contributed by atoms with Gasteiger partial charge in [-0.1, -0.05) is 41.9 Å². The Labute approximate surface area is 176 Å². The van der Waals surface area contributed by atoms with E-state index in [1.165, 1.54) is 12.1 Å². The van der Waals surface area contributed by atoms with Crippen molar-refractivity contribution in [3.8, 4) is 0 Å². The third kappa shape index (κ3) is 5.18. The Hall–Kier alpha value is -3.78. The molecule has 0 unspecified atom stereocenters. The summed E-state index contributed by atoms with van der Waals surface area (Å²) in [6, 6.07) is 17.0. The van der Waals surface area contributed by atoms with Gasteiger partial charge in [0.1, 0.15) is 5.02 Å². The monoisotopic (exact) mass is 424 g/mol. The smallest absolute Gasteiger partial charge is 0.287 e. The van der Waals surface area contributed by atoms with E-state index >= 15 is 0 Å². The Morgan fingerprint density at radius 3 is 2.50 bits per heavy atom. The summed E-state index contributed by atoms with van der Waals surface area (Å²) in [7, 11) is 0. The third-order valence-corrected chi connectivity index (χ3v) is 4.51. The van der Waals surface area contributed by atoms with Crippen LogP contribution in [0.1, 0.15) is 23.7 Å². The molecule has 0 aliphatic heterocycles. The van der Waals surface area contributed by atoms with E-state index in [1.54, 1.807) is 6.92 Å². The maximum Gasteiger partial charge on any atom is 0.287 e. The highest BCUT2D eigenvalue weighted by molar-refractivity contribution is 6.33. The molecule has 0 aliphatic carbocycles. The van der Waals surface area contributed by atoms with Gasteiger partial charge in [0.2, 0.25) is 5.91 Å². The lowest BCUT2D eigenvalue weighted by atomic mass is 10.1. The molecular formula is C21H17ClN4O4. The third-order valence-electron chi connectivity index (χ3n) is 4.20. The number of carbonyl (C=O) groups excluding carboxylic acids is 2. The summed E-state index contributed by atoms with van der Waals surface area (Å²) < 4.78 is 0. The Balaban J connectivity index is 1.58. The van der Waals surface area contributed by atoms with Gasteiger partial charge in [-0.05, 0) is 42.0 Å². The lowest BCUT2D eigenvalue weighted by Gasteiger charge is -2.07. The van der Waals surface area contributed by atoms with Crippen LogP contribution in [0.5, 0.6) is 0 Å². The van der Waals surface area contributed by atoms with Gasteiger partial charge in [-0.3, -0.25) is 19.7 Å². The van der Waals surface area contributed by atoms with E-state index in [0.29, 0.717) is 11.4 Å². The fourth-order valence-corrected chi connectivity index (χ4v) is 3.00. The SMILES string of the molecule is C/C(CC(=O)Nc1ccc2ccccc2c1)=N\NC(=O)c1ccc([N+](=O)[O-])c(Cl)c1. The van der Waals surface area contributed by atoms with Crippen molar-refractivity contribution in [1.82, 2.24) is 5.43 Å². The van der Waals surface area contributed by atoms with Gasteiger partial charge in [-0.15, -0.1) is 0 Å². The van der Waals surface area contributed by atoms with Crippen LogP contribution in [0.2, 0.25) is 5.02 Å². The molecule has 0 bridgehead atoms. The number of carbonyl (C=O) groups is 2. The first-order chi connectivity index (χ1) is 14.3. The molecule has 8 nitrogen and oxygen atoms in total. The molecule has 3 aromatic rings. The van der Waals surface area contributed by atoms with Crippen molar-refractivity contribution in [3.05, 3.63) is 81.4 Å². The molecule has 0 fully saturated rings. The van der Waals surface area contributed by atoms with Crippen LogP contribution >= 0.6 is 11.6 Å². The quantitative estimate of drug-likeness (QED) is 0.343. The van der Waals surface area contributed by atoms with Crippen LogP contribution < -0.4 is 10.7 Å². The predicted molar refractivity (Wildman–Crippen MR) is 116 cm³/mol. The molecular weight excluding hydrogens is 408 g/mol. The van der Waals surface area contributed by atoms with E-state index in [2.05, 4.69) is 15.8 Å². The molecule has 9 heteroatoms. The van der Waals surface area contributed by atoms with Crippen LogP contribution in [0.25, 0.3) is 10.8 Å². The molecule has 0 atom stereocenters. The predicted octanol–water partition coefficient (Wildman–Crippen LogP) is 4.54.